The summed E-state index contributed by atoms with van der Waals surface area (Å²) in [7, 11) is 0. The Labute approximate surface area is 276 Å². The molecule has 0 aromatic heterocycles. The van der Waals surface area contributed by atoms with E-state index in [-0.39, 0.29) is 69.4 Å². The smallest absolute Gasteiger partial charge is 0.407 e. The van der Waals surface area contributed by atoms with Crippen LogP contribution >= 0.6 is 0 Å². The normalized spacial score (nSPS) is 49.7. The van der Waals surface area contributed by atoms with Crippen molar-refractivity contribution in [2.24, 2.45) is 62.4 Å². The molecule has 0 bridgehead atoms. The van der Waals surface area contributed by atoms with Gasteiger partial charge in [0.1, 0.15) is 12.2 Å². The van der Waals surface area contributed by atoms with Crippen molar-refractivity contribution < 1.29 is 28.9 Å². The highest BCUT2D eigenvalue weighted by Crippen LogP contribution is 2.89. The molecule has 5 saturated carbocycles. The van der Waals surface area contributed by atoms with Gasteiger partial charge in [-0.05, 0) is 104 Å². The molecule has 0 aromatic rings. The predicted molar refractivity (Wildman–Crippen MR) is 175 cm³/mol. The van der Waals surface area contributed by atoms with Crippen molar-refractivity contribution >= 4 is 12.2 Å². The number of hydrogen-bond acceptors (Lipinski definition) is 7. The van der Waals surface area contributed by atoms with E-state index >= 15 is 0 Å². The second kappa shape index (κ2) is 10.7. The van der Waals surface area contributed by atoms with Crippen molar-refractivity contribution in [3.63, 3.8) is 0 Å². The third-order valence-corrected chi connectivity index (χ3v) is 16.0. The number of nitrogens with two attached hydrogens (primary N) is 1. The quantitative estimate of drug-likeness (QED) is 0.338. The summed E-state index contributed by atoms with van der Waals surface area (Å²) in [4.78, 5) is 27.1. The lowest BCUT2D eigenvalue weighted by molar-refractivity contribution is -0.184. The molecule has 13 atom stereocenters. The van der Waals surface area contributed by atoms with E-state index in [2.05, 4.69) is 51.8 Å². The standard InChI is InChI=1S/C37H61N3O6/c1-9-40-17-22(18-40)39-32(43)45-26-12-13-36-19-37(36)15-14-34(7)27-21(4)16-23(28(20(2)3)46-31(38)42)44-29(27)30(41)35(34,8)25(37)11-10-24(36)33(26,5)6/h20-30,41H,9-19H2,1-8H3,(H2,38,42)(H,39,43)/t21-,23-,24+,25+,26+,27+,28-,29+,30+,34-,35-,36-,37+/m1/s1. The van der Waals surface area contributed by atoms with Gasteiger partial charge in [0.15, 0.2) is 0 Å². The number of aliphatic hydroxyl groups is 1. The lowest BCUT2D eigenvalue weighted by atomic mass is 9.41. The van der Waals surface area contributed by atoms with Crippen LogP contribution in [0.5, 0.6) is 0 Å². The first-order chi connectivity index (χ1) is 21.6. The topological polar surface area (TPSA) is 123 Å². The van der Waals surface area contributed by atoms with Gasteiger partial charge in [0.25, 0.3) is 0 Å². The first-order valence-corrected chi connectivity index (χ1v) is 18.5. The fourth-order valence-electron chi connectivity index (χ4n) is 13.8. The first kappa shape index (κ1) is 32.9. The molecular formula is C37H61N3O6. The Morgan fingerprint density at radius 2 is 1.72 bits per heavy atom. The maximum atomic E-state index is 13.0. The molecule has 46 heavy (non-hydrogen) atoms. The van der Waals surface area contributed by atoms with Gasteiger partial charge in [-0.25, -0.2) is 9.59 Å². The first-order valence-electron chi connectivity index (χ1n) is 18.5. The summed E-state index contributed by atoms with van der Waals surface area (Å²) in [5.41, 5.74) is 5.58. The molecule has 0 aromatic carbocycles. The van der Waals surface area contributed by atoms with Crippen molar-refractivity contribution in [1.82, 2.24) is 10.2 Å². The average molecular weight is 644 g/mol. The Morgan fingerprint density at radius 3 is 2.37 bits per heavy atom. The van der Waals surface area contributed by atoms with Crippen LogP contribution in [0.1, 0.15) is 107 Å². The molecule has 2 amide bonds. The van der Waals surface area contributed by atoms with Crippen LogP contribution in [0.15, 0.2) is 0 Å². The molecule has 2 heterocycles. The Kier molecular flexibility index (Phi) is 7.67. The molecule has 9 nitrogen and oxygen atoms in total. The summed E-state index contributed by atoms with van der Waals surface area (Å²) in [6.07, 6.45) is 5.96. The molecule has 7 aliphatic rings. The van der Waals surface area contributed by atoms with Gasteiger partial charge < -0.3 is 30.4 Å². The lowest BCUT2D eigenvalue weighted by Gasteiger charge is -2.63. The van der Waals surface area contributed by atoms with Crippen LogP contribution in [-0.2, 0) is 14.2 Å². The summed E-state index contributed by atoms with van der Waals surface area (Å²) in [6.45, 7) is 21.0. The summed E-state index contributed by atoms with van der Waals surface area (Å²) in [5, 5.41) is 15.6. The summed E-state index contributed by atoms with van der Waals surface area (Å²) in [6, 6.07) is 0.195. The number of aliphatic hydroxyl groups excluding tert-OH is 1. The van der Waals surface area contributed by atoms with Gasteiger partial charge in [0, 0.05) is 23.9 Å². The van der Waals surface area contributed by atoms with E-state index in [9.17, 15) is 14.7 Å². The van der Waals surface area contributed by atoms with E-state index in [0.717, 1.165) is 58.2 Å². The van der Waals surface area contributed by atoms with Gasteiger partial charge in [-0.2, -0.15) is 0 Å². The molecule has 0 radical (unpaired) electrons. The maximum absolute atomic E-state index is 13.0. The number of carbonyl (C=O) groups excluding carboxylic acids is 2. The fraction of sp³-hybridized carbons (Fsp3) is 0.946. The number of rotatable bonds is 6. The second-order valence-corrected chi connectivity index (χ2v) is 18.3. The van der Waals surface area contributed by atoms with Crippen LogP contribution in [0.3, 0.4) is 0 Å². The highest BCUT2D eigenvalue weighted by molar-refractivity contribution is 5.68. The SMILES string of the molecule is CCN1CC(NC(=O)O[C@H]2CC[C@]34C[C@]35CC[C@]3(C)[C@@H]6[C@H](O[C@@H]([C@H](OC(N)=O)C(C)C)C[C@H]6C)[C@H](O)[C@@]3(C)[C@@H]5CC[C@H]4C2(C)C)C1. The Morgan fingerprint density at radius 1 is 1.04 bits per heavy atom. The zero-order chi connectivity index (χ0) is 33.2. The Balaban J connectivity index is 1.11. The number of carbonyl (C=O) groups is 2. The highest BCUT2D eigenvalue weighted by atomic mass is 16.6. The molecule has 260 valence electrons. The number of likely N-dealkylation sites (tertiary alicyclic amines) is 1. The molecule has 2 aliphatic heterocycles. The highest BCUT2D eigenvalue weighted by Gasteiger charge is 2.84. The summed E-state index contributed by atoms with van der Waals surface area (Å²) in [5.74, 6) is 1.60. The van der Waals surface area contributed by atoms with E-state index in [0.29, 0.717) is 17.8 Å². The Bertz CT molecular complexity index is 1240. The number of primary amides is 1. The van der Waals surface area contributed by atoms with Crippen LogP contribution in [0.25, 0.3) is 0 Å². The summed E-state index contributed by atoms with van der Waals surface area (Å²) < 4.78 is 18.7. The largest absolute Gasteiger partial charge is 0.446 e. The molecular weight excluding hydrogens is 582 g/mol. The van der Waals surface area contributed by atoms with Crippen LogP contribution < -0.4 is 11.1 Å². The number of likely N-dealkylation sites (N-methyl/N-ethyl adjacent to an activating group) is 1. The molecule has 2 spiro atoms. The number of alkyl carbamates (subject to hydrolysis) is 1. The number of hydrogen-bond donors (Lipinski definition) is 3. The van der Waals surface area contributed by atoms with Crippen molar-refractivity contribution in [3.05, 3.63) is 0 Å². The number of amides is 2. The van der Waals surface area contributed by atoms with Gasteiger partial charge >= 0.3 is 12.2 Å². The molecule has 4 N–H and O–H groups in total. The molecule has 9 heteroatoms. The van der Waals surface area contributed by atoms with Crippen molar-refractivity contribution in [1.29, 1.82) is 0 Å². The molecule has 0 unspecified atom stereocenters. The summed E-state index contributed by atoms with van der Waals surface area (Å²) >= 11 is 0. The predicted octanol–water partition coefficient (Wildman–Crippen LogP) is 5.72. The van der Waals surface area contributed by atoms with Crippen LogP contribution in [0.4, 0.5) is 9.59 Å². The van der Waals surface area contributed by atoms with Gasteiger partial charge in [0.05, 0.1) is 24.4 Å². The average Bonchev–Trinajstić information content (AvgIpc) is 3.59. The van der Waals surface area contributed by atoms with Gasteiger partial charge in [-0.3, -0.25) is 4.90 Å². The number of ether oxygens (including phenoxy) is 3. The Hall–Kier alpha value is -1.58. The van der Waals surface area contributed by atoms with E-state index in [1.165, 1.54) is 12.8 Å². The number of fused-ring (bicyclic) bond motifs is 4. The third kappa shape index (κ3) is 4.28. The van der Waals surface area contributed by atoms with Gasteiger partial charge in [0.2, 0.25) is 0 Å². The van der Waals surface area contributed by atoms with E-state index < -0.39 is 18.3 Å². The van der Waals surface area contributed by atoms with Crippen molar-refractivity contribution in [2.45, 2.75) is 143 Å². The third-order valence-electron chi connectivity index (χ3n) is 16.0. The minimum absolute atomic E-state index is 0.0331. The van der Waals surface area contributed by atoms with E-state index in [1.807, 2.05) is 13.8 Å². The molecule has 5 aliphatic carbocycles. The van der Waals surface area contributed by atoms with Gasteiger partial charge in [-0.15, -0.1) is 0 Å². The van der Waals surface area contributed by atoms with Crippen molar-refractivity contribution in [2.75, 3.05) is 19.6 Å². The zero-order valence-corrected chi connectivity index (χ0v) is 29.6. The van der Waals surface area contributed by atoms with E-state index in [1.54, 1.807) is 0 Å². The fourth-order valence-corrected chi connectivity index (χ4v) is 13.8. The molecule has 7 fully saturated rings. The van der Waals surface area contributed by atoms with Crippen LogP contribution in [-0.4, -0.2) is 78.4 Å². The number of nitrogens with zero attached hydrogens (tertiary/aromatic N) is 1. The van der Waals surface area contributed by atoms with Crippen LogP contribution in [0.2, 0.25) is 0 Å². The minimum atomic E-state index is -0.764. The molecule has 7 rings (SSSR count). The number of nitrogens with one attached hydrogen (secondary N) is 1. The lowest BCUT2D eigenvalue weighted by Crippen LogP contribution is -2.61. The zero-order valence-electron chi connectivity index (χ0n) is 29.6. The van der Waals surface area contributed by atoms with Gasteiger partial charge in [-0.1, -0.05) is 55.4 Å². The second-order valence-electron chi connectivity index (χ2n) is 18.3. The minimum Gasteiger partial charge on any atom is -0.446 e. The van der Waals surface area contributed by atoms with Crippen molar-refractivity contribution in [3.8, 4) is 0 Å². The maximum Gasteiger partial charge on any atom is 0.407 e. The molecule has 2 saturated heterocycles. The van der Waals surface area contributed by atoms with Crippen LogP contribution in [0, 0.1) is 56.7 Å². The monoisotopic (exact) mass is 643 g/mol. The van der Waals surface area contributed by atoms with E-state index in [4.69, 9.17) is 19.9 Å².